The summed E-state index contributed by atoms with van der Waals surface area (Å²) in [7, 11) is 4.69. The van der Waals surface area contributed by atoms with Crippen LogP contribution in [0.5, 0.6) is 0 Å². The van der Waals surface area contributed by atoms with Crippen molar-refractivity contribution in [2.45, 2.75) is 103 Å². The molecule has 0 bridgehead atoms. The first kappa shape index (κ1) is 38.7. The number of carboxylic acid groups (broad SMARTS) is 1. The molecule has 0 aromatic heterocycles. The van der Waals surface area contributed by atoms with Gasteiger partial charge in [-0.15, -0.1) is 0 Å². The summed E-state index contributed by atoms with van der Waals surface area (Å²) >= 11 is 0. The average molecular weight is 647 g/mol. The molecule has 2 rings (SSSR count). The average Bonchev–Trinajstić information content (AvgIpc) is 3.52. The van der Waals surface area contributed by atoms with Gasteiger partial charge in [0.05, 0.1) is 36.6 Å². The molecule has 1 saturated heterocycles. The summed E-state index contributed by atoms with van der Waals surface area (Å²) in [6.45, 7) is 9.88. The molecule has 258 valence electrons. The van der Waals surface area contributed by atoms with Gasteiger partial charge in [-0.1, -0.05) is 71.4 Å². The summed E-state index contributed by atoms with van der Waals surface area (Å²) in [5.74, 6) is -2.94. The van der Waals surface area contributed by atoms with Crippen LogP contribution in [0.25, 0.3) is 0 Å². The highest BCUT2D eigenvalue weighted by molar-refractivity contribution is 5.86. The number of methoxy groups -OCH3 is 2. The van der Waals surface area contributed by atoms with Crippen molar-refractivity contribution < 1.29 is 38.6 Å². The Kier molecular flexibility index (Phi) is 15.6. The number of ether oxygens (including phenoxy) is 2. The zero-order valence-electron chi connectivity index (χ0n) is 28.6. The first-order chi connectivity index (χ1) is 21.8. The first-order valence-electron chi connectivity index (χ1n) is 16.2. The van der Waals surface area contributed by atoms with Gasteiger partial charge in [0, 0.05) is 34.2 Å². The van der Waals surface area contributed by atoms with Crippen molar-refractivity contribution in [1.29, 1.82) is 0 Å². The van der Waals surface area contributed by atoms with E-state index in [0.29, 0.717) is 25.8 Å². The van der Waals surface area contributed by atoms with Crippen LogP contribution >= 0.6 is 0 Å². The molecule has 12 heteroatoms. The molecule has 8 atom stereocenters. The third-order valence-electron chi connectivity index (χ3n) is 9.34. The standard InChI is InChI=1S/C34H54N4O8/c1-9-22(4)30(37(6)33(42)29(21(2)3)35-20-39)27(45-7)19-28(40)38-17-13-16-26(38)31(46-8)23(5)32(41)36-25(34(43)44)18-24-14-11-10-12-15-24/h10-12,14-15,20-23,25-27,29-31H,9,13,16-19H2,1-8H3,(H,35,39)(H,36,41)(H,43,44). The molecule has 12 nitrogen and oxygen atoms in total. The molecular weight excluding hydrogens is 592 g/mol. The van der Waals surface area contributed by atoms with E-state index in [9.17, 15) is 29.1 Å². The maximum atomic E-state index is 13.9. The van der Waals surface area contributed by atoms with Gasteiger partial charge in [-0.3, -0.25) is 19.2 Å². The van der Waals surface area contributed by atoms with E-state index < -0.39 is 54.2 Å². The normalized spacial score (nSPS) is 19.3. The minimum atomic E-state index is -1.14. The molecule has 4 amide bonds. The van der Waals surface area contributed by atoms with Gasteiger partial charge >= 0.3 is 5.97 Å². The fourth-order valence-electron chi connectivity index (χ4n) is 6.50. The van der Waals surface area contributed by atoms with Crippen molar-refractivity contribution in [2.24, 2.45) is 17.8 Å². The molecule has 8 unspecified atom stereocenters. The third kappa shape index (κ3) is 9.99. The number of hydrogen-bond acceptors (Lipinski definition) is 7. The molecule has 1 aliphatic rings. The summed E-state index contributed by atoms with van der Waals surface area (Å²) in [6.07, 6.45) is 1.43. The zero-order chi connectivity index (χ0) is 34.6. The fourth-order valence-corrected chi connectivity index (χ4v) is 6.50. The number of hydrogen-bond donors (Lipinski definition) is 3. The molecular formula is C34H54N4O8. The van der Waals surface area contributed by atoms with Crippen LogP contribution in [0.15, 0.2) is 30.3 Å². The van der Waals surface area contributed by atoms with E-state index in [1.54, 1.807) is 23.8 Å². The molecule has 0 spiro atoms. The summed E-state index contributed by atoms with van der Waals surface area (Å²) < 4.78 is 11.7. The number of nitrogens with zero attached hydrogens (tertiary/aromatic N) is 2. The lowest BCUT2D eigenvalue weighted by atomic mass is 9.89. The molecule has 0 saturated carbocycles. The van der Waals surface area contributed by atoms with E-state index in [2.05, 4.69) is 10.6 Å². The lowest BCUT2D eigenvalue weighted by Gasteiger charge is -2.40. The predicted octanol–water partition coefficient (Wildman–Crippen LogP) is 2.49. The monoisotopic (exact) mass is 646 g/mol. The number of likely N-dealkylation sites (tertiary alicyclic amines) is 1. The summed E-state index contributed by atoms with van der Waals surface area (Å²) in [4.78, 5) is 67.3. The Hall–Kier alpha value is -3.51. The Morgan fingerprint density at radius 3 is 2.26 bits per heavy atom. The van der Waals surface area contributed by atoms with Crippen molar-refractivity contribution in [1.82, 2.24) is 20.4 Å². The molecule has 1 heterocycles. The van der Waals surface area contributed by atoms with Crippen LogP contribution in [-0.2, 0) is 39.9 Å². The Labute approximate surface area is 273 Å². The number of aliphatic carboxylic acids is 1. The number of carbonyl (C=O) groups excluding carboxylic acids is 4. The number of carboxylic acids is 1. The lowest BCUT2D eigenvalue weighted by Crippen LogP contribution is -2.57. The van der Waals surface area contributed by atoms with Crippen molar-refractivity contribution in [3.63, 3.8) is 0 Å². The van der Waals surface area contributed by atoms with Crippen LogP contribution in [0.3, 0.4) is 0 Å². The van der Waals surface area contributed by atoms with Gasteiger partial charge < -0.3 is 35.0 Å². The number of amides is 4. The Morgan fingerprint density at radius 1 is 1.09 bits per heavy atom. The van der Waals surface area contributed by atoms with Gasteiger partial charge in [0.2, 0.25) is 24.1 Å². The van der Waals surface area contributed by atoms with Crippen LogP contribution in [0.2, 0.25) is 0 Å². The van der Waals surface area contributed by atoms with Crippen LogP contribution in [0, 0.1) is 17.8 Å². The van der Waals surface area contributed by atoms with E-state index in [1.165, 1.54) is 14.2 Å². The second-order valence-corrected chi connectivity index (χ2v) is 12.7. The molecule has 1 fully saturated rings. The highest BCUT2D eigenvalue weighted by Gasteiger charge is 2.43. The SMILES string of the molecule is CCC(C)C(C(CC(=O)N1CCCC1C(OC)C(C)C(=O)NC(Cc1ccccc1)C(=O)O)OC)N(C)C(=O)C(NC=O)C(C)C. The second kappa shape index (κ2) is 18.6. The van der Waals surface area contributed by atoms with Crippen molar-refractivity contribution in [2.75, 3.05) is 27.8 Å². The molecule has 1 aromatic carbocycles. The maximum Gasteiger partial charge on any atom is 0.326 e. The molecule has 3 N–H and O–H groups in total. The number of nitrogens with one attached hydrogen (secondary N) is 2. The van der Waals surface area contributed by atoms with E-state index in [1.807, 2.05) is 58.0 Å². The topological polar surface area (TPSA) is 155 Å². The van der Waals surface area contributed by atoms with Gasteiger partial charge in [0.25, 0.3) is 0 Å². The third-order valence-corrected chi connectivity index (χ3v) is 9.34. The lowest BCUT2D eigenvalue weighted by molar-refractivity contribution is -0.148. The summed E-state index contributed by atoms with van der Waals surface area (Å²) in [6, 6.07) is 6.40. The van der Waals surface area contributed by atoms with Gasteiger partial charge in [-0.05, 0) is 30.2 Å². The molecule has 1 aliphatic heterocycles. The Balaban J connectivity index is 2.22. The largest absolute Gasteiger partial charge is 0.480 e. The second-order valence-electron chi connectivity index (χ2n) is 12.7. The predicted molar refractivity (Wildman–Crippen MR) is 174 cm³/mol. The summed E-state index contributed by atoms with van der Waals surface area (Å²) in [5.41, 5.74) is 0.786. The summed E-state index contributed by atoms with van der Waals surface area (Å²) in [5, 5.41) is 15.1. The van der Waals surface area contributed by atoms with Crippen molar-refractivity contribution >= 4 is 30.1 Å². The number of carbonyl (C=O) groups is 5. The maximum absolute atomic E-state index is 13.9. The Morgan fingerprint density at radius 2 is 1.74 bits per heavy atom. The van der Waals surface area contributed by atoms with E-state index in [0.717, 1.165) is 12.0 Å². The van der Waals surface area contributed by atoms with Crippen LogP contribution < -0.4 is 10.6 Å². The number of benzene rings is 1. The molecule has 46 heavy (non-hydrogen) atoms. The molecule has 0 radical (unpaired) electrons. The van der Waals surface area contributed by atoms with Crippen molar-refractivity contribution in [3.05, 3.63) is 35.9 Å². The van der Waals surface area contributed by atoms with E-state index in [-0.39, 0.29) is 36.5 Å². The quantitative estimate of drug-likeness (QED) is 0.194. The highest BCUT2D eigenvalue weighted by atomic mass is 16.5. The molecule has 0 aliphatic carbocycles. The molecule has 1 aromatic rings. The van der Waals surface area contributed by atoms with Gasteiger partial charge in [-0.25, -0.2) is 4.79 Å². The van der Waals surface area contributed by atoms with Crippen LogP contribution in [0.1, 0.15) is 65.9 Å². The van der Waals surface area contributed by atoms with Gasteiger partial charge in [0.1, 0.15) is 12.1 Å². The van der Waals surface area contributed by atoms with Gasteiger partial charge in [0.15, 0.2) is 0 Å². The Bertz CT molecular complexity index is 1150. The van der Waals surface area contributed by atoms with Crippen LogP contribution in [0.4, 0.5) is 0 Å². The minimum absolute atomic E-state index is 0.00224. The van der Waals surface area contributed by atoms with E-state index >= 15 is 0 Å². The van der Waals surface area contributed by atoms with Crippen molar-refractivity contribution in [3.8, 4) is 0 Å². The minimum Gasteiger partial charge on any atom is -0.480 e. The zero-order valence-corrected chi connectivity index (χ0v) is 28.6. The van der Waals surface area contributed by atoms with Crippen LogP contribution in [-0.4, -0.2) is 109 Å². The smallest absolute Gasteiger partial charge is 0.326 e. The first-order valence-corrected chi connectivity index (χ1v) is 16.2. The van der Waals surface area contributed by atoms with E-state index in [4.69, 9.17) is 9.47 Å². The number of rotatable bonds is 19. The number of likely N-dealkylation sites (N-methyl/N-ethyl adjacent to an activating group) is 1. The van der Waals surface area contributed by atoms with Gasteiger partial charge in [-0.2, -0.15) is 0 Å². The fraction of sp³-hybridized carbons (Fsp3) is 0.676. The highest BCUT2D eigenvalue weighted by Crippen LogP contribution is 2.29.